The first kappa shape index (κ1) is 12.4. The van der Waals surface area contributed by atoms with E-state index in [1.54, 1.807) is 4.68 Å². The molecule has 0 atom stereocenters. The Morgan fingerprint density at radius 2 is 1.88 bits per heavy atom. The zero-order valence-corrected chi connectivity index (χ0v) is 11.0. The fourth-order valence-corrected chi connectivity index (χ4v) is 1.90. The maximum atomic E-state index is 5.86. The molecule has 2 aromatic rings. The van der Waals surface area contributed by atoms with E-state index in [9.17, 15) is 0 Å². The second-order valence-corrected chi connectivity index (χ2v) is 4.56. The molecule has 0 saturated heterocycles. The molecule has 1 heterocycles. The van der Waals surface area contributed by atoms with Gasteiger partial charge < -0.3 is 0 Å². The maximum Gasteiger partial charge on any atom is 0.243 e. The highest BCUT2D eigenvalue weighted by molar-refractivity contribution is 6.30. The summed E-state index contributed by atoms with van der Waals surface area (Å²) in [6.07, 6.45) is 3.06. The lowest BCUT2D eigenvalue weighted by molar-refractivity contribution is 0.714. The van der Waals surface area contributed by atoms with E-state index in [-0.39, 0.29) is 5.28 Å². The second kappa shape index (κ2) is 5.52. The molecule has 3 nitrogen and oxygen atoms in total. The molecule has 0 amide bonds. The van der Waals surface area contributed by atoms with Crippen LogP contribution in [0.25, 0.3) is 5.69 Å². The minimum Gasteiger partial charge on any atom is -0.216 e. The average Bonchev–Trinajstić information content (AvgIpc) is 2.69. The van der Waals surface area contributed by atoms with Gasteiger partial charge in [0, 0.05) is 11.4 Å². The van der Waals surface area contributed by atoms with Gasteiger partial charge >= 0.3 is 0 Å². The van der Waals surface area contributed by atoms with Gasteiger partial charge in [-0.25, -0.2) is 9.67 Å². The Kier molecular flexibility index (Phi) is 4.02. The van der Waals surface area contributed by atoms with Crippen LogP contribution < -0.4 is 0 Å². The molecular formula is C12H13Cl2N3. The van der Waals surface area contributed by atoms with Gasteiger partial charge in [-0.2, -0.15) is 0 Å². The van der Waals surface area contributed by atoms with Crippen molar-refractivity contribution in [3.05, 3.63) is 40.4 Å². The summed E-state index contributed by atoms with van der Waals surface area (Å²) in [6.45, 7) is 2.14. The molecule has 17 heavy (non-hydrogen) atoms. The maximum absolute atomic E-state index is 5.86. The number of unbranched alkanes of at least 4 members (excludes halogenated alkanes) is 1. The van der Waals surface area contributed by atoms with E-state index in [0.717, 1.165) is 30.8 Å². The molecule has 1 aromatic heterocycles. The Balaban J connectivity index is 2.33. The largest absolute Gasteiger partial charge is 0.243 e. The van der Waals surface area contributed by atoms with Crippen LogP contribution in [0.5, 0.6) is 0 Å². The van der Waals surface area contributed by atoms with E-state index in [1.165, 1.54) is 0 Å². The van der Waals surface area contributed by atoms with Crippen LogP contribution in [0.1, 0.15) is 25.6 Å². The molecule has 90 valence electrons. The first-order valence-corrected chi connectivity index (χ1v) is 6.33. The number of rotatable bonds is 4. The van der Waals surface area contributed by atoms with Gasteiger partial charge in [-0.15, -0.1) is 5.10 Å². The fourth-order valence-electron chi connectivity index (χ4n) is 1.60. The molecule has 0 saturated carbocycles. The third kappa shape index (κ3) is 2.99. The highest BCUT2D eigenvalue weighted by Gasteiger charge is 2.09. The fraction of sp³-hybridized carbons (Fsp3) is 0.333. The van der Waals surface area contributed by atoms with Gasteiger partial charge in [0.1, 0.15) is 5.82 Å². The lowest BCUT2D eigenvalue weighted by Crippen LogP contribution is -2.02. The summed E-state index contributed by atoms with van der Waals surface area (Å²) >= 11 is 11.7. The van der Waals surface area contributed by atoms with E-state index < -0.39 is 0 Å². The van der Waals surface area contributed by atoms with Crippen molar-refractivity contribution in [2.24, 2.45) is 0 Å². The number of nitrogens with zero attached hydrogens (tertiary/aromatic N) is 3. The Labute approximate surface area is 110 Å². The topological polar surface area (TPSA) is 30.7 Å². The first-order valence-electron chi connectivity index (χ1n) is 5.58. The summed E-state index contributed by atoms with van der Waals surface area (Å²) in [5.74, 6) is 0.888. The first-order chi connectivity index (χ1) is 8.20. The van der Waals surface area contributed by atoms with Crippen LogP contribution in [-0.4, -0.2) is 14.8 Å². The lowest BCUT2D eigenvalue weighted by atomic mass is 10.2. The molecule has 0 N–H and O–H groups in total. The van der Waals surface area contributed by atoms with Crippen LogP contribution in [0.15, 0.2) is 24.3 Å². The Bertz CT molecular complexity index is 491. The number of hydrogen-bond acceptors (Lipinski definition) is 2. The highest BCUT2D eigenvalue weighted by Crippen LogP contribution is 2.16. The van der Waals surface area contributed by atoms with E-state index in [0.29, 0.717) is 5.02 Å². The van der Waals surface area contributed by atoms with Crippen molar-refractivity contribution in [3.63, 3.8) is 0 Å². The van der Waals surface area contributed by atoms with Crippen LogP contribution in [0.4, 0.5) is 0 Å². The summed E-state index contributed by atoms with van der Waals surface area (Å²) in [4.78, 5) is 4.23. The summed E-state index contributed by atoms with van der Waals surface area (Å²) in [6, 6.07) is 7.47. The van der Waals surface area contributed by atoms with Gasteiger partial charge in [0.05, 0.1) is 5.69 Å². The van der Waals surface area contributed by atoms with Gasteiger partial charge in [0.15, 0.2) is 0 Å². The molecule has 5 heteroatoms. The molecule has 0 bridgehead atoms. The molecule has 0 aliphatic carbocycles. The number of aromatic nitrogens is 3. The Morgan fingerprint density at radius 1 is 1.18 bits per heavy atom. The van der Waals surface area contributed by atoms with Crippen molar-refractivity contribution in [2.75, 3.05) is 0 Å². The normalized spacial score (nSPS) is 10.8. The molecular weight excluding hydrogens is 257 g/mol. The Morgan fingerprint density at radius 3 is 2.53 bits per heavy atom. The van der Waals surface area contributed by atoms with Gasteiger partial charge in [0.2, 0.25) is 5.28 Å². The minimum absolute atomic E-state index is 0.283. The molecule has 0 radical (unpaired) electrons. The summed E-state index contributed by atoms with van der Waals surface area (Å²) in [5.41, 5.74) is 0.930. The highest BCUT2D eigenvalue weighted by atomic mass is 35.5. The van der Waals surface area contributed by atoms with Gasteiger partial charge in [-0.3, -0.25) is 0 Å². The zero-order valence-electron chi connectivity index (χ0n) is 9.53. The van der Waals surface area contributed by atoms with Crippen LogP contribution in [0.2, 0.25) is 10.3 Å². The van der Waals surface area contributed by atoms with Gasteiger partial charge in [0.25, 0.3) is 0 Å². The monoisotopic (exact) mass is 269 g/mol. The van der Waals surface area contributed by atoms with Crippen molar-refractivity contribution < 1.29 is 0 Å². The summed E-state index contributed by atoms with van der Waals surface area (Å²) in [7, 11) is 0. The number of hydrogen-bond donors (Lipinski definition) is 0. The number of halogens is 2. The van der Waals surface area contributed by atoms with Crippen molar-refractivity contribution in [1.82, 2.24) is 14.8 Å². The minimum atomic E-state index is 0.283. The van der Waals surface area contributed by atoms with Crippen molar-refractivity contribution in [3.8, 4) is 5.69 Å². The predicted octanol–water partition coefficient (Wildman–Crippen LogP) is 3.92. The van der Waals surface area contributed by atoms with E-state index in [4.69, 9.17) is 23.2 Å². The third-order valence-electron chi connectivity index (χ3n) is 2.47. The smallest absolute Gasteiger partial charge is 0.216 e. The molecule has 2 rings (SSSR count). The van der Waals surface area contributed by atoms with Crippen LogP contribution >= 0.6 is 23.2 Å². The second-order valence-electron chi connectivity index (χ2n) is 3.79. The molecule has 0 aliphatic rings. The van der Waals surface area contributed by atoms with E-state index >= 15 is 0 Å². The third-order valence-corrected chi connectivity index (χ3v) is 2.89. The van der Waals surface area contributed by atoms with Crippen molar-refractivity contribution in [1.29, 1.82) is 0 Å². The predicted molar refractivity (Wildman–Crippen MR) is 70.0 cm³/mol. The standard InChI is InChI=1S/C12H13Cl2N3/c1-2-3-4-11-15-12(14)16-17(11)10-7-5-9(13)6-8-10/h5-8H,2-4H2,1H3. The zero-order chi connectivity index (χ0) is 12.3. The summed E-state index contributed by atoms with van der Waals surface area (Å²) in [5, 5.41) is 5.18. The number of aryl methyl sites for hydroxylation is 1. The van der Waals surface area contributed by atoms with Crippen LogP contribution in [0.3, 0.4) is 0 Å². The molecule has 0 fully saturated rings. The SMILES string of the molecule is CCCCc1nc(Cl)nn1-c1ccc(Cl)cc1. The quantitative estimate of drug-likeness (QED) is 0.843. The van der Waals surface area contributed by atoms with E-state index in [1.807, 2.05) is 24.3 Å². The molecule has 0 unspecified atom stereocenters. The van der Waals surface area contributed by atoms with Crippen LogP contribution in [0, 0.1) is 0 Å². The van der Waals surface area contributed by atoms with Gasteiger partial charge in [-0.05, 0) is 42.3 Å². The van der Waals surface area contributed by atoms with Crippen molar-refractivity contribution >= 4 is 23.2 Å². The summed E-state index contributed by atoms with van der Waals surface area (Å²) < 4.78 is 1.77. The molecule has 1 aromatic carbocycles. The number of benzene rings is 1. The van der Waals surface area contributed by atoms with Gasteiger partial charge in [-0.1, -0.05) is 24.9 Å². The van der Waals surface area contributed by atoms with Crippen LogP contribution in [-0.2, 0) is 6.42 Å². The average molecular weight is 270 g/mol. The van der Waals surface area contributed by atoms with E-state index in [2.05, 4.69) is 17.0 Å². The Hall–Kier alpha value is -1.06. The molecule has 0 aliphatic heterocycles. The van der Waals surface area contributed by atoms with Crippen molar-refractivity contribution in [2.45, 2.75) is 26.2 Å². The lowest BCUT2D eigenvalue weighted by Gasteiger charge is -2.05. The molecule has 0 spiro atoms.